The number of halogens is 3. The molecule has 0 bridgehead atoms. The van der Waals surface area contributed by atoms with E-state index in [1.54, 1.807) is 0 Å². The van der Waals surface area contributed by atoms with E-state index in [2.05, 4.69) is 20.7 Å². The zero-order valence-electron chi connectivity index (χ0n) is 10.3. The molecule has 2 rings (SSSR count). The Labute approximate surface area is 128 Å². The Hall–Kier alpha value is -1.98. The van der Waals surface area contributed by atoms with Gasteiger partial charge in [-0.3, -0.25) is 4.72 Å². The lowest BCUT2D eigenvalue weighted by molar-refractivity contribution is 0.548. The number of nitrogens with one attached hydrogen (secondary N) is 1. The van der Waals surface area contributed by atoms with Gasteiger partial charge in [-0.05, 0) is 46.3 Å². The van der Waals surface area contributed by atoms with Crippen LogP contribution in [-0.2, 0) is 10.0 Å². The summed E-state index contributed by atoms with van der Waals surface area (Å²) in [5, 5.41) is 8.66. The maximum atomic E-state index is 13.7. The van der Waals surface area contributed by atoms with Crippen LogP contribution in [0.4, 0.5) is 14.5 Å². The summed E-state index contributed by atoms with van der Waals surface area (Å²) < 4.78 is 52.9. The van der Waals surface area contributed by atoms with Crippen LogP contribution in [0, 0.1) is 23.0 Å². The van der Waals surface area contributed by atoms with Gasteiger partial charge < -0.3 is 0 Å². The summed E-state index contributed by atoms with van der Waals surface area (Å²) in [5.74, 6) is -2.10. The fraction of sp³-hybridized carbons (Fsp3) is 0. The van der Waals surface area contributed by atoms with Crippen LogP contribution in [0.2, 0.25) is 0 Å². The summed E-state index contributed by atoms with van der Waals surface area (Å²) >= 11 is 2.83. The van der Waals surface area contributed by atoms with Gasteiger partial charge in [-0.15, -0.1) is 0 Å². The molecule has 0 atom stereocenters. The number of nitrogens with zero attached hydrogens (tertiary/aromatic N) is 1. The van der Waals surface area contributed by atoms with Gasteiger partial charge in [0.2, 0.25) is 0 Å². The van der Waals surface area contributed by atoms with E-state index < -0.39 is 26.6 Å². The maximum absolute atomic E-state index is 13.7. The zero-order valence-corrected chi connectivity index (χ0v) is 12.7. The van der Waals surface area contributed by atoms with E-state index in [0.29, 0.717) is 11.6 Å². The number of benzene rings is 2. The molecule has 0 aliphatic heterocycles. The molecule has 0 spiro atoms. The molecule has 21 heavy (non-hydrogen) atoms. The lowest BCUT2D eigenvalue weighted by Crippen LogP contribution is -2.15. The van der Waals surface area contributed by atoms with Crippen LogP contribution in [0.5, 0.6) is 0 Å². The number of rotatable bonds is 3. The lowest BCUT2D eigenvalue weighted by atomic mass is 10.2. The normalized spacial score (nSPS) is 11.0. The van der Waals surface area contributed by atoms with Crippen molar-refractivity contribution in [3.05, 3.63) is 58.1 Å². The minimum atomic E-state index is -4.23. The van der Waals surface area contributed by atoms with Crippen LogP contribution in [0.25, 0.3) is 0 Å². The average Bonchev–Trinajstić information content (AvgIpc) is 2.37. The molecule has 2 aromatic rings. The molecule has 8 heteroatoms. The number of hydrogen-bond donors (Lipinski definition) is 1. The van der Waals surface area contributed by atoms with E-state index in [9.17, 15) is 17.2 Å². The third-order valence-electron chi connectivity index (χ3n) is 2.50. The molecule has 0 saturated carbocycles. The highest BCUT2D eigenvalue weighted by Crippen LogP contribution is 2.28. The second-order valence-corrected chi connectivity index (χ2v) is 6.47. The van der Waals surface area contributed by atoms with Crippen LogP contribution < -0.4 is 4.72 Å². The highest BCUT2D eigenvalue weighted by Gasteiger charge is 2.23. The summed E-state index contributed by atoms with van der Waals surface area (Å²) in [7, 11) is -4.23. The highest BCUT2D eigenvalue weighted by molar-refractivity contribution is 9.10. The van der Waals surface area contributed by atoms with Gasteiger partial charge in [0, 0.05) is 16.2 Å². The third-order valence-corrected chi connectivity index (χ3v) is 4.84. The Balaban J connectivity index is 2.41. The van der Waals surface area contributed by atoms with Crippen molar-refractivity contribution in [2.24, 2.45) is 0 Å². The Bertz CT molecular complexity index is 807. The molecule has 2 aromatic carbocycles. The monoisotopic (exact) mass is 372 g/mol. The van der Waals surface area contributed by atoms with E-state index in [-0.39, 0.29) is 10.2 Å². The van der Waals surface area contributed by atoms with E-state index in [0.717, 1.165) is 6.07 Å². The van der Waals surface area contributed by atoms with Crippen LogP contribution in [0.3, 0.4) is 0 Å². The third kappa shape index (κ3) is 3.37. The molecule has 0 aliphatic carbocycles. The van der Waals surface area contributed by atoms with Gasteiger partial charge in [-0.1, -0.05) is 0 Å². The van der Waals surface area contributed by atoms with Crippen molar-refractivity contribution in [3.63, 3.8) is 0 Å². The van der Waals surface area contributed by atoms with Crippen molar-refractivity contribution in [1.29, 1.82) is 5.26 Å². The molecular formula is C13H7BrF2N2O2S. The first-order valence-electron chi connectivity index (χ1n) is 5.51. The van der Waals surface area contributed by atoms with Gasteiger partial charge >= 0.3 is 0 Å². The van der Waals surface area contributed by atoms with E-state index in [1.807, 2.05) is 6.07 Å². The number of nitriles is 1. The predicted molar refractivity (Wildman–Crippen MR) is 76.0 cm³/mol. The lowest BCUT2D eigenvalue weighted by Gasteiger charge is -2.10. The highest BCUT2D eigenvalue weighted by atomic mass is 79.9. The minimum Gasteiger partial charge on any atom is -0.280 e. The first-order valence-corrected chi connectivity index (χ1v) is 7.78. The van der Waals surface area contributed by atoms with Crippen LogP contribution in [-0.4, -0.2) is 8.42 Å². The maximum Gasteiger partial charge on any atom is 0.265 e. The Morgan fingerprint density at radius 2 is 1.76 bits per heavy atom. The second kappa shape index (κ2) is 5.79. The second-order valence-electron chi connectivity index (χ2n) is 3.99. The molecule has 0 saturated heterocycles. The van der Waals surface area contributed by atoms with Gasteiger partial charge in [0.15, 0.2) is 0 Å². The fourth-order valence-electron chi connectivity index (χ4n) is 1.60. The topological polar surface area (TPSA) is 70.0 Å². The Morgan fingerprint density at radius 1 is 1.14 bits per heavy atom. The van der Waals surface area contributed by atoms with E-state index in [4.69, 9.17) is 5.26 Å². The summed E-state index contributed by atoms with van der Waals surface area (Å²) in [6.45, 7) is 0. The molecule has 0 aliphatic rings. The van der Waals surface area contributed by atoms with Crippen molar-refractivity contribution in [3.8, 4) is 6.07 Å². The molecule has 0 unspecified atom stereocenters. The quantitative estimate of drug-likeness (QED) is 0.897. The summed E-state index contributed by atoms with van der Waals surface area (Å²) in [4.78, 5) is -0.687. The van der Waals surface area contributed by atoms with Gasteiger partial charge in [0.25, 0.3) is 10.0 Å². The Morgan fingerprint density at radius 3 is 2.29 bits per heavy atom. The number of anilines is 1. The first kappa shape index (κ1) is 15.4. The number of hydrogen-bond acceptors (Lipinski definition) is 3. The van der Waals surface area contributed by atoms with Gasteiger partial charge in [0.1, 0.15) is 16.5 Å². The van der Waals surface area contributed by atoms with Crippen LogP contribution >= 0.6 is 15.9 Å². The van der Waals surface area contributed by atoms with Crippen molar-refractivity contribution >= 4 is 31.6 Å². The minimum absolute atomic E-state index is 0.157. The first-order chi connectivity index (χ1) is 9.83. The summed E-state index contributed by atoms with van der Waals surface area (Å²) in [5.41, 5.74) is 0.511. The predicted octanol–water partition coefficient (Wildman–Crippen LogP) is 3.40. The summed E-state index contributed by atoms with van der Waals surface area (Å²) in [6.07, 6.45) is 0. The van der Waals surface area contributed by atoms with E-state index >= 15 is 0 Å². The van der Waals surface area contributed by atoms with Crippen LogP contribution in [0.1, 0.15) is 5.56 Å². The molecule has 0 radical (unpaired) electrons. The number of sulfonamides is 1. The SMILES string of the molecule is N#Cc1ccc(NS(=O)(=O)c2c(F)cc(F)cc2Br)cc1. The summed E-state index contributed by atoms with van der Waals surface area (Å²) in [6, 6.07) is 8.78. The Kier molecular flexibility index (Phi) is 4.25. The molecule has 1 N–H and O–H groups in total. The molecule has 4 nitrogen and oxygen atoms in total. The van der Waals surface area contributed by atoms with Crippen molar-refractivity contribution in [2.45, 2.75) is 4.90 Å². The molecule has 108 valence electrons. The fourth-order valence-corrected chi connectivity index (χ4v) is 3.83. The van der Waals surface area contributed by atoms with Gasteiger partial charge in [-0.2, -0.15) is 5.26 Å². The van der Waals surface area contributed by atoms with Crippen LogP contribution in [0.15, 0.2) is 45.8 Å². The smallest absolute Gasteiger partial charge is 0.265 e. The largest absolute Gasteiger partial charge is 0.280 e. The molecule has 0 fully saturated rings. The van der Waals surface area contributed by atoms with Gasteiger partial charge in [0.05, 0.1) is 11.6 Å². The zero-order chi connectivity index (χ0) is 15.6. The molecule has 0 aromatic heterocycles. The van der Waals surface area contributed by atoms with Crippen molar-refractivity contribution in [1.82, 2.24) is 0 Å². The van der Waals surface area contributed by atoms with Gasteiger partial charge in [-0.25, -0.2) is 17.2 Å². The van der Waals surface area contributed by atoms with Crippen molar-refractivity contribution in [2.75, 3.05) is 4.72 Å². The van der Waals surface area contributed by atoms with E-state index in [1.165, 1.54) is 24.3 Å². The standard InChI is InChI=1S/C13H7BrF2N2O2S/c14-11-5-9(15)6-12(16)13(11)21(19,20)18-10-3-1-8(7-17)2-4-10/h1-6,18H. The molecular weight excluding hydrogens is 366 g/mol. The van der Waals surface area contributed by atoms with Crippen molar-refractivity contribution < 1.29 is 17.2 Å². The average molecular weight is 373 g/mol. The molecule has 0 heterocycles. The molecule has 0 amide bonds.